The number of halogens is 2. The van der Waals surface area contributed by atoms with Crippen LogP contribution < -0.4 is 5.32 Å². The lowest BCUT2D eigenvalue weighted by Gasteiger charge is -2.24. The molecule has 2 rings (SSSR count). The molecule has 2 amide bonds. The van der Waals surface area contributed by atoms with Gasteiger partial charge in [-0.3, -0.25) is 9.59 Å². The van der Waals surface area contributed by atoms with Gasteiger partial charge in [0.05, 0.1) is 26.1 Å². The number of nitrogens with zero attached hydrogens (tertiary/aromatic N) is 2. The molecule has 0 aliphatic carbocycles. The summed E-state index contributed by atoms with van der Waals surface area (Å²) in [5.41, 5.74) is -1.24. The normalized spacial score (nSPS) is 13.5. The Labute approximate surface area is 208 Å². The van der Waals surface area contributed by atoms with Crippen LogP contribution in [-0.2, 0) is 5.60 Å². The summed E-state index contributed by atoms with van der Waals surface area (Å²) in [5, 5.41) is 23.6. The summed E-state index contributed by atoms with van der Waals surface area (Å²) in [6.45, 7) is 11.3. The van der Waals surface area contributed by atoms with E-state index in [1.807, 2.05) is 20.8 Å². The molecule has 0 saturated heterocycles. The minimum atomic E-state index is -1.17. The standard InChI is InChI=1S/C23H31Cl2N3O4S/c1-7-23(6,32)14-11-10-13(15(24)16(14)25)18-17(21(30)28(8-2)9-3)27-20(33-18)19(29)26-12-22(4,5)31/h10-11,31-32H,7-9,12H2,1-6H3,(H,26,29)/t23-/m1/s1. The number of nitrogens with one attached hydrogen (secondary N) is 1. The van der Waals surface area contributed by atoms with Crippen LogP contribution in [0.5, 0.6) is 0 Å². The number of hydrogen-bond donors (Lipinski definition) is 3. The molecule has 33 heavy (non-hydrogen) atoms. The van der Waals surface area contributed by atoms with E-state index in [0.717, 1.165) is 11.3 Å². The van der Waals surface area contributed by atoms with Crippen LogP contribution in [0.4, 0.5) is 0 Å². The van der Waals surface area contributed by atoms with Crippen LogP contribution >= 0.6 is 34.5 Å². The van der Waals surface area contributed by atoms with E-state index in [2.05, 4.69) is 10.3 Å². The number of aliphatic hydroxyl groups is 2. The van der Waals surface area contributed by atoms with Crippen LogP contribution in [-0.4, -0.2) is 57.1 Å². The lowest BCUT2D eigenvalue weighted by atomic mass is 9.92. The summed E-state index contributed by atoms with van der Waals surface area (Å²) in [4.78, 5) is 32.3. The minimum Gasteiger partial charge on any atom is -0.389 e. The first-order valence-corrected chi connectivity index (χ1v) is 12.4. The number of benzene rings is 1. The predicted molar refractivity (Wildman–Crippen MR) is 133 cm³/mol. The predicted octanol–water partition coefficient (Wildman–Crippen LogP) is 4.72. The van der Waals surface area contributed by atoms with Crippen molar-refractivity contribution in [2.24, 2.45) is 0 Å². The summed E-state index contributed by atoms with van der Waals surface area (Å²) >= 11 is 14.1. The number of carbonyl (C=O) groups is 2. The second kappa shape index (κ2) is 10.7. The van der Waals surface area contributed by atoms with E-state index in [9.17, 15) is 19.8 Å². The van der Waals surface area contributed by atoms with Gasteiger partial charge in [0, 0.05) is 30.8 Å². The van der Waals surface area contributed by atoms with Gasteiger partial charge < -0.3 is 20.4 Å². The van der Waals surface area contributed by atoms with Gasteiger partial charge >= 0.3 is 0 Å². The van der Waals surface area contributed by atoms with E-state index in [-0.39, 0.29) is 33.2 Å². The monoisotopic (exact) mass is 515 g/mol. The van der Waals surface area contributed by atoms with Crippen molar-refractivity contribution in [2.75, 3.05) is 19.6 Å². The molecule has 0 radical (unpaired) electrons. The van der Waals surface area contributed by atoms with Gasteiger partial charge in [-0.15, -0.1) is 11.3 Å². The molecule has 1 aromatic heterocycles. The number of amides is 2. The number of thiazole rings is 1. The van der Waals surface area contributed by atoms with Crippen LogP contribution in [0.2, 0.25) is 10.0 Å². The first kappa shape index (κ1) is 27.5. The van der Waals surface area contributed by atoms with Crippen molar-refractivity contribution in [3.8, 4) is 10.4 Å². The molecule has 3 N–H and O–H groups in total. The van der Waals surface area contributed by atoms with Crippen molar-refractivity contribution in [1.82, 2.24) is 15.2 Å². The van der Waals surface area contributed by atoms with Crippen LogP contribution in [0.15, 0.2) is 12.1 Å². The van der Waals surface area contributed by atoms with Gasteiger partial charge in [-0.25, -0.2) is 4.98 Å². The summed E-state index contributed by atoms with van der Waals surface area (Å²) in [5.74, 6) is -0.834. The molecular formula is C23H31Cl2N3O4S. The minimum absolute atomic E-state index is 0.0213. The first-order chi connectivity index (χ1) is 15.3. The largest absolute Gasteiger partial charge is 0.389 e. The summed E-state index contributed by atoms with van der Waals surface area (Å²) < 4.78 is 0. The van der Waals surface area contributed by atoms with Crippen molar-refractivity contribution in [3.05, 3.63) is 38.4 Å². The van der Waals surface area contributed by atoms with Crippen LogP contribution in [0.25, 0.3) is 10.4 Å². The maximum Gasteiger partial charge on any atom is 0.280 e. The zero-order valence-corrected chi connectivity index (χ0v) is 22.1. The highest BCUT2D eigenvalue weighted by Crippen LogP contribution is 2.43. The average Bonchev–Trinajstić information content (AvgIpc) is 3.19. The molecule has 0 unspecified atom stereocenters. The topological polar surface area (TPSA) is 103 Å². The van der Waals surface area contributed by atoms with Crippen LogP contribution in [0.1, 0.15) is 73.8 Å². The number of aromatic nitrogens is 1. The fraction of sp³-hybridized carbons (Fsp3) is 0.522. The molecule has 7 nitrogen and oxygen atoms in total. The van der Waals surface area contributed by atoms with Gasteiger partial charge in [0.1, 0.15) is 5.69 Å². The smallest absolute Gasteiger partial charge is 0.280 e. The Balaban J connectivity index is 2.63. The van der Waals surface area contributed by atoms with Crippen molar-refractivity contribution < 1.29 is 19.8 Å². The third kappa shape index (κ3) is 6.25. The van der Waals surface area contributed by atoms with E-state index >= 15 is 0 Å². The average molecular weight is 516 g/mol. The molecule has 0 bridgehead atoms. The van der Waals surface area contributed by atoms with Gasteiger partial charge in [-0.2, -0.15) is 0 Å². The molecule has 182 valence electrons. The second-order valence-corrected chi connectivity index (χ2v) is 10.3. The zero-order chi connectivity index (χ0) is 25.1. The van der Waals surface area contributed by atoms with Gasteiger partial charge in [-0.1, -0.05) is 42.3 Å². The molecule has 1 aromatic carbocycles. The van der Waals surface area contributed by atoms with Crippen molar-refractivity contribution in [3.63, 3.8) is 0 Å². The molecule has 0 fully saturated rings. The van der Waals surface area contributed by atoms with Gasteiger partial charge in [-0.05, 0) is 41.0 Å². The molecule has 10 heteroatoms. The van der Waals surface area contributed by atoms with Crippen molar-refractivity contribution in [1.29, 1.82) is 0 Å². The molecule has 0 aliphatic heterocycles. The molecule has 0 saturated carbocycles. The Morgan fingerprint density at radius 2 is 1.70 bits per heavy atom. The number of rotatable bonds is 9. The van der Waals surface area contributed by atoms with E-state index in [4.69, 9.17) is 23.2 Å². The van der Waals surface area contributed by atoms with Crippen LogP contribution in [0, 0.1) is 0 Å². The Hall–Kier alpha value is -1.71. The summed E-state index contributed by atoms with van der Waals surface area (Å²) in [7, 11) is 0. The van der Waals surface area contributed by atoms with Crippen molar-refractivity contribution in [2.45, 2.75) is 59.2 Å². The third-order valence-electron chi connectivity index (χ3n) is 5.35. The quantitative estimate of drug-likeness (QED) is 0.448. The van der Waals surface area contributed by atoms with Gasteiger partial charge in [0.25, 0.3) is 11.8 Å². The van der Waals surface area contributed by atoms with E-state index in [1.54, 1.807) is 37.8 Å². The Morgan fingerprint density at radius 3 is 2.21 bits per heavy atom. The SMILES string of the molecule is CCN(CC)C(=O)c1nc(C(=O)NCC(C)(C)O)sc1-c1ccc([C@](C)(O)CC)c(Cl)c1Cl. The molecule has 2 aromatic rings. The first-order valence-electron chi connectivity index (χ1n) is 10.8. The highest BCUT2D eigenvalue weighted by Gasteiger charge is 2.30. The zero-order valence-electron chi connectivity index (χ0n) is 19.8. The lowest BCUT2D eigenvalue weighted by molar-refractivity contribution is 0.0532. The van der Waals surface area contributed by atoms with Crippen molar-refractivity contribution >= 4 is 46.4 Å². The van der Waals surface area contributed by atoms with Crippen LogP contribution in [0.3, 0.4) is 0 Å². The van der Waals surface area contributed by atoms with E-state index in [0.29, 0.717) is 35.5 Å². The summed E-state index contributed by atoms with van der Waals surface area (Å²) in [6, 6.07) is 3.35. The highest BCUT2D eigenvalue weighted by molar-refractivity contribution is 7.17. The molecule has 1 atom stereocenters. The molecule has 1 heterocycles. The second-order valence-electron chi connectivity index (χ2n) is 8.59. The van der Waals surface area contributed by atoms with E-state index in [1.165, 1.54) is 0 Å². The molecule has 0 aliphatic rings. The number of hydrogen-bond acceptors (Lipinski definition) is 6. The van der Waals surface area contributed by atoms with E-state index < -0.39 is 17.1 Å². The number of carbonyl (C=O) groups excluding carboxylic acids is 2. The van der Waals surface area contributed by atoms with Gasteiger partial charge in [0.15, 0.2) is 5.01 Å². The molecular weight excluding hydrogens is 485 g/mol. The Kier molecular flexibility index (Phi) is 8.92. The Morgan fingerprint density at radius 1 is 1.09 bits per heavy atom. The maximum atomic E-state index is 13.2. The maximum absolute atomic E-state index is 13.2. The fourth-order valence-corrected chi connectivity index (χ4v) is 4.80. The lowest BCUT2D eigenvalue weighted by Crippen LogP contribution is -2.38. The highest BCUT2D eigenvalue weighted by atomic mass is 35.5. The summed E-state index contributed by atoms with van der Waals surface area (Å²) in [6.07, 6.45) is 0.431. The third-order valence-corrected chi connectivity index (χ3v) is 7.32. The molecule has 0 spiro atoms. The Bertz CT molecular complexity index is 1030. The fourth-order valence-electron chi connectivity index (χ4n) is 3.11. The van der Waals surface area contributed by atoms with Gasteiger partial charge in [0.2, 0.25) is 0 Å².